The first kappa shape index (κ1) is 15.2. The third kappa shape index (κ3) is 5.30. The van der Waals surface area contributed by atoms with Crippen molar-refractivity contribution in [3.05, 3.63) is 35.9 Å². The van der Waals surface area contributed by atoms with Crippen molar-refractivity contribution in [2.75, 3.05) is 0 Å². The molecule has 1 rings (SSSR count). The van der Waals surface area contributed by atoms with E-state index in [0.29, 0.717) is 0 Å². The number of amides is 1. The van der Waals surface area contributed by atoms with Crippen LogP contribution in [0, 0.1) is 0 Å². The van der Waals surface area contributed by atoms with Crippen molar-refractivity contribution in [2.24, 2.45) is 0 Å². The Balaban J connectivity index is 0.00000225. The summed E-state index contributed by atoms with van der Waals surface area (Å²) < 4.78 is 0. The van der Waals surface area contributed by atoms with Gasteiger partial charge in [0.2, 0.25) is 5.91 Å². The van der Waals surface area contributed by atoms with Gasteiger partial charge in [0.15, 0.2) is 0 Å². The van der Waals surface area contributed by atoms with E-state index in [-0.39, 0.29) is 41.9 Å². The zero-order valence-electron chi connectivity index (χ0n) is 9.40. The number of aliphatic carboxylic acids is 1. The first-order valence-electron chi connectivity index (χ1n) is 4.61. The molecule has 0 aromatic heterocycles. The van der Waals surface area contributed by atoms with Crippen LogP contribution >= 0.6 is 0 Å². The second-order valence-electron chi connectivity index (χ2n) is 3.26. The minimum absolute atomic E-state index is 0. The molecule has 1 amide bonds. The molecule has 80 valence electrons. The Hall–Kier alpha value is -0.840. The molecular weight excluding hydrogens is 217 g/mol. The first-order valence-corrected chi connectivity index (χ1v) is 4.61. The summed E-state index contributed by atoms with van der Waals surface area (Å²) in [5.41, 5.74) is 0.848. The molecule has 0 saturated heterocycles. The number of benzene rings is 1. The molecule has 1 N–H and O–H groups in total. The predicted octanol–water partition coefficient (Wildman–Crippen LogP) is -3.51. The maximum atomic E-state index is 10.7. The van der Waals surface area contributed by atoms with Crippen molar-refractivity contribution in [2.45, 2.75) is 19.4 Å². The maximum Gasteiger partial charge on any atom is 1.00 e. The number of hydrogen-bond donors (Lipinski definition) is 1. The van der Waals surface area contributed by atoms with Crippen molar-refractivity contribution in [1.82, 2.24) is 5.32 Å². The zero-order chi connectivity index (χ0) is 11.3. The topological polar surface area (TPSA) is 69.2 Å². The van der Waals surface area contributed by atoms with Crippen LogP contribution in [0.4, 0.5) is 0 Å². The third-order valence-corrected chi connectivity index (χ3v) is 1.94. The van der Waals surface area contributed by atoms with Crippen LogP contribution in [-0.2, 0) is 16.0 Å². The van der Waals surface area contributed by atoms with Crippen molar-refractivity contribution in [3.63, 3.8) is 0 Å². The number of hydrogen-bond acceptors (Lipinski definition) is 3. The summed E-state index contributed by atoms with van der Waals surface area (Å²) in [6, 6.07) is 8.11. The van der Waals surface area contributed by atoms with Crippen LogP contribution in [0.2, 0.25) is 0 Å². The number of carboxylic acid groups (broad SMARTS) is 1. The maximum absolute atomic E-state index is 10.7. The molecule has 0 unspecified atom stereocenters. The van der Waals surface area contributed by atoms with Gasteiger partial charge in [-0.3, -0.25) is 4.79 Å². The fraction of sp³-hybridized carbons (Fsp3) is 0.273. The van der Waals surface area contributed by atoms with Gasteiger partial charge in [0, 0.05) is 6.92 Å². The van der Waals surface area contributed by atoms with Gasteiger partial charge in [-0.25, -0.2) is 0 Å². The summed E-state index contributed by atoms with van der Waals surface area (Å²) in [5, 5.41) is 13.0. The fourth-order valence-corrected chi connectivity index (χ4v) is 1.29. The summed E-state index contributed by atoms with van der Waals surface area (Å²) >= 11 is 0. The monoisotopic (exact) mass is 229 g/mol. The smallest absolute Gasteiger partial charge is 0.548 e. The number of nitrogens with one attached hydrogen (secondary N) is 1. The van der Waals surface area contributed by atoms with Crippen LogP contribution in [0.1, 0.15) is 12.5 Å². The van der Waals surface area contributed by atoms with E-state index in [9.17, 15) is 14.7 Å². The zero-order valence-corrected chi connectivity index (χ0v) is 11.4. The fourth-order valence-electron chi connectivity index (χ4n) is 1.29. The number of carbonyl (C=O) groups is 2. The third-order valence-electron chi connectivity index (χ3n) is 1.94. The summed E-state index contributed by atoms with van der Waals surface area (Å²) in [6.45, 7) is 1.28. The van der Waals surface area contributed by atoms with Crippen LogP contribution in [0.3, 0.4) is 0 Å². The molecule has 1 atom stereocenters. The van der Waals surface area contributed by atoms with Crippen LogP contribution in [0.15, 0.2) is 30.3 Å². The Kier molecular flexibility index (Phi) is 7.05. The normalized spacial score (nSPS) is 11.1. The Bertz CT molecular complexity index is 354. The van der Waals surface area contributed by atoms with Gasteiger partial charge in [-0.2, -0.15) is 0 Å². The summed E-state index contributed by atoms with van der Waals surface area (Å²) in [7, 11) is 0. The standard InChI is InChI=1S/C11H13NO3.Na/c1-8(13)12-10(11(14)15)7-9-5-3-2-4-6-9;/h2-6,10H,7H2,1H3,(H,12,13)(H,14,15);/q;+1/p-1/t10-;/m0./s1. The van der Waals surface area contributed by atoms with E-state index in [1.165, 1.54) is 6.92 Å². The van der Waals surface area contributed by atoms with E-state index in [1.807, 2.05) is 18.2 Å². The molecule has 0 heterocycles. The SMILES string of the molecule is CC(=O)N[C@@H](Cc1ccccc1)C(=O)[O-].[Na+]. The second-order valence-corrected chi connectivity index (χ2v) is 3.26. The van der Waals surface area contributed by atoms with Crippen molar-refractivity contribution in [1.29, 1.82) is 0 Å². The van der Waals surface area contributed by atoms with E-state index < -0.39 is 12.0 Å². The van der Waals surface area contributed by atoms with E-state index in [4.69, 9.17) is 0 Å². The van der Waals surface area contributed by atoms with Crippen molar-refractivity contribution in [3.8, 4) is 0 Å². The Labute approximate surface area is 116 Å². The van der Waals surface area contributed by atoms with E-state index >= 15 is 0 Å². The molecule has 0 spiro atoms. The Morgan fingerprint density at radius 1 is 1.31 bits per heavy atom. The van der Waals surface area contributed by atoms with Crippen LogP contribution in [0.25, 0.3) is 0 Å². The average Bonchev–Trinajstić information content (AvgIpc) is 2.17. The Morgan fingerprint density at radius 2 is 1.88 bits per heavy atom. The van der Waals surface area contributed by atoms with Crippen LogP contribution in [0.5, 0.6) is 0 Å². The van der Waals surface area contributed by atoms with E-state index in [1.54, 1.807) is 12.1 Å². The molecule has 0 aliphatic carbocycles. The molecule has 0 aliphatic rings. The molecule has 4 nitrogen and oxygen atoms in total. The molecule has 1 aromatic rings. The molecule has 16 heavy (non-hydrogen) atoms. The van der Waals surface area contributed by atoms with E-state index in [0.717, 1.165) is 5.56 Å². The van der Waals surface area contributed by atoms with Crippen molar-refractivity contribution < 1.29 is 44.3 Å². The number of rotatable bonds is 4. The van der Waals surface area contributed by atoms with Crippen LogP contribution < -0.4 is 40.0 Å². The molecular formula is C11H12NNaO3. The van der Waals surface area contributed by atoms with Crippen molar-refractivity contribution >= 4 is 11.9 Å². The molecule has 1 aromatic carbocycles. The summed E-state index contributed by atoms with van der Waals surface area (Å²) in [5.74, 6) is -1.64. The number of carboxylic acids is 1. The minimum Gasteiger partial charge on any atom is -0.548 e. The first-order chi connectivity index (χ1) is 7.09. The minimum atomic E-state index is -1.27. The molecule has 0 fully saturated rings. The van der Waals surface area contributed by atoms with E-state index in [2.05, 4.69) is 5.32 Å². The summed E-state index contributed by atoms with van der Waals surface area (Å²) in [6.07, 6.45) is 0.239. The molecule has 0 radical (unpaired) electrons. The quantitative estimate of drug-likeness (QED) is 0.544. The molecule has 5 heteroatoms. The van der Waals surface area contributed by atoms with Gasteiger partial charge in [-0.15, -0.1) is 0 Å². The van der Waals surface area contributed by atoms with Gasteiger partial charge in [0.1, 0.15) is 0 Å². The van der Waals surface area contributed by atoms with Gasteiger partial charge < -0.3 is 15.2 Å². The molecule has 0 aliphatic heterocycles. The average molecular weight is 229 g/mol. The summed E-state index contributed by atoms with van der Waals surface area (Å²) in [4.78, 5) is 21.5. The molecule has 0 bridgehead atoms. The van der Waals surface area contributed by atoms with Gasteiger partial charge in [-0.05, 0) is 12.0 Å². The second kappa shape index (κ2) is 7.44. The number of carbonyl (C=O) groups excluding carboxylic acids is 2. The largest absolute Gasteiger partial charge is 1.00 e. The van der Waals surface area contributed by atoms with Gasteiger partial charge in [-0.1, -0.05) is 30.3 Å². The van der Waals surface area contributed by atoms with Gasteiger partial charge >= 0.3 is 29.6 Å². The predicted molar refractivity (Wildman–Crippen MR) is 52.8 cm³/mol. The molecule has 0 saturated carbocycles. The van der Waals surface area contributed by atoms with Crippen LogP contribution in [-0.4, -0.2) is 17.9 Å². The van der Waals surface area contributed by atoms with Gasteiger partial charge in [0.25, 0.3) is 0 Å². The Morgan fingerprint density at radius 3 is 2.31 bits per heavy atom. The van der Waals surface area contributed by atoms with Gasteiger partial charge in [0.05, 0.1) is 12.0 Å².